The number of carbonyl (C=O) groups is 1. The summed E-state index contributed by atoms with van der Waals surface area (Å²) in [6.45, 7) is 9.50. The van der Waals surface area contributed by atoms with E-state index in [1.165, 1.54) is 0 Å². The SMILES string of the molecule is CCOP(=O)(OCC)C(C[C@@H]1C(=O)OCC[C@H]1CC)P(=O)(OCC)OCC. The van der Waals surface area contributed by atoms with E-state index < -0.39 is 26.5 Å². The Morgan fingerprint density at radius 3 is 1.74 bits per heavy atom. The van der Waals surface area contributed by atoms with Crippen LogP contribution in [-0.2, 0) is 36.8 Å². The fourth-order valence-electron chi connectivity index (χ4n) is 3.39. The van der Waals surface area contributed by atoms with Crippen LogP contribution >= 0.6 is 15.2 Å². The van der Waals surface area contributed by atoms with Crippen molar-refractivity contribution in [3.05, 3.63) is 0 Å². The van der Waals surface area contributed by atoms with E-state index in [2.05, 4.69) is 0 Å². The second-order valence-corrected chi connectivity index (χ2v) is 11.0. The van der Waals surface area contributed by atoms with E-state index in [0.717, 1.165) is 6.42 Å². The molecule has 27 heavy (non-hydrogen) atoms. The Morgan fingerprint density at radius 1 is 0.926 bits per heavy atom. The quantitative estimate of drug-likeness (QED) is 0.304. The van der Waals surface area contributed by atoms with Gasteiger partial charge in [0.1, 0.15) is 0 Å². The van der Waals surface area contributed by atoms with Crippen molar-refractivity contribution in [1.82, 2.24) is 0 Å². The number of esters is 1. The minimum absolute atomic E-state index is 0.00585. The second-order valence-electron chi connectivity index (χ2n) is 6.20. The molecule has 0 spiro atoms. The average Bonchev–Trinajstić information content (AvgIpc) is 2.61. The van der Waals surface area contributed by atoms with Crippen LogP contribution in [0.15, 0.2) is 0 Å². The molecule has 1 fully saturated rings. The molecule has 0 amide bonds. The van der Waals surface area contributed by atoms with Crippen LogP contribution in [0.1, 0.15) is 53.9 Å². The molecule has 0 aliphatic carbocycles. The van der Waals surface area contributed by atoms with E-state index in [1.807, 2.05) is 6.92 Å². The summed E-state index contributed by atoms with van der Waals surface area (Å²) in [6.07, 6.45) is 1.47. The molecule has 2 atom stereocenters. The van der Waals surface area contributed by atoms with Crippen molar-refractivity contribution >= 4 is 21.2 Å². The van der Waals surface area contributed by atoms with E-state index in [9.17, 15) is 13.9 Å². The number of ether oxygens (including phenoxy) is 1. The molecule has 1 rings (SSSR count). The maximum absolute atomic E-state index is 13.6. The van der Waals surface area contributed by atoms with Gasteiger partial charge in [-0.1, -0.05) is 13.3 Å². The predicted octanol–water partition coefficient (Wildman–Crippen LogP) is 4.82. The number of carbonyl (C=O) groups excluding carboxylic acids is 1. The van der Waals surface area contributed by atoms with Crippen molar-refractivity contribution in [2.24, 2.45) is 11.8 Å². The van der Waals surface area contributed by atoms with Crippen molar-refractivity contribution in [3.63, 3.8) is 0 Å². The lowest BCUT2D eigenvalue weighted by Gasteiger charge is -2.36. The highest BCUT2D eigenvalue weighted by Crippen LogP contribution is 2.72. The summed E-state index contributed by atoms with van der Waals surface area (Å²) >= 11 is 0. The van der Waals surface area contributed by atoms with Crippen LogP contribution in [0.25, 0.3) is 0 Å². The smallest absolute Gasteiger partial charge is 0.345 e. The van der Waals surface area contributed by atoms with Crippen LogP contribution in [0.5, 0.6) is 0 Å². The van der Waals surface area contributed by atoms with Crippen LogP contribution in [-0.4, -0.2) is 44.4 Å². The molecule has 1 heterocycles. The zero-order valence-electron chi connectivity index (χ0n) is 17.0. The van der Waals surface area contributed by atoms with E-state index in [0.29, 0.717) is 13.0 Å². The average molecular weight is 428 g/mol. The number of rotatable bonds is 13. The minimum Gasteiger partial charge on any atom is -0.465 e. The molecule has 0 bridgehead atoms. The van der Waals surface area contributed by atoms with Gasteiger partial charge < -0.3 is 22.8 Å². The number of hydrogen-bond donors (Lipinski definition) is 0. The maximum atomic E-state index is 13.6. The molecule has 0 saturated carbocycles. The minimum atomic E-state index is -3.86. The summed E-state index contributed by atoms with van der Waals surface area (Å²) in [7, 11) is -7.72. The Balaban J connectivity index is 3.36. The topological polar surface area (TPSA) is 97.4 Å². The number of cyclic esters (lactones) is 1. The van der Waals surface area contributed by atoms with Gasteiger partial charge in [-0.2, -0.15) is 0 Å². The Kier molecular flexibility index (Phi) is 10.7. The monoisotopic (exact) mass is 428 g/mol. The fraction of sp³-hybridized carbons (Fsp3) is 0.941. The molecule has 1 aliphatic rings. The third-order valence-electron chi connectivity index (χ3n) is 4.56. The molecule has 0 N–H and O–H groups in total. The van der Waals surface area contributed by atoms with E-state index in [1.54, 1.807) is 27.7 Å². The van der Waals surface area contributed by atoms with E-state index in [4.69, 9.17) is 22.8 Å². The molecule has 0 radical (unpaired) electrons. The Bertz CT molecular complexity index is 503. The van der Waals surface area contributed by atoms with Crippen molar-refractivity contribution < 1.29 is 36.8 Å². The van der Waals surface area contributed by atoms with Gasteiger partial charge in [-0.25, -0.2) is 0 Å². The fourth-order valence-corrected chi connectivity index (χ4v) is 8.82. The molecule has 10 heteroatoms. The van der Waals surface area contributed by atoms with E-state index >= 15 is 0 Å². The first kappa shape index (κ1) is 24.8. The van der Waals surface area contributed by atoms with Gasteiger partial charge in [0.05, 0.1) is 39.0 Å². The van der Waals surface area contributed by atoms with Crippen LogP contribution < -0.4 is 0 Å². The molecule has 0 unspecified atom stereocenters. The molecule has 8 nitrogen and oxygen atoms in total. The van der Waals surface area contributed by atoms with Crippen molar-refractivity contribution in [2.45, 2.75) is 59.3 Å². The van der Waals surface area contributed by atoms with Crippen LogP contribution in [0.3, 0.4) is 0 Å². The van der Waals surface area contributed by atoms with E-state index in [-0.39, 0.29) is 44.7 Å². The van der Waals surface area contributed by atoms with Gasteiger partial charge in [0.25, 0.3) is 0 Å². The highest BCUT2D eigenvalue weighted by atomic mass is 31.2. The maximum Gasteiger partial charge on any atom is 0.345 e. The molecule has 0 aromatic rings. The summed E-state index contributed by atoms with van der Waals surface area (Å²) in [5, 5.41) is -1.19. The third-order valence-corrected chi connectivity index (χ3v) is 10.6. The lowest BCUT2D eigenvalue weighted by molar-refractivity contribution is -0.156. The van der Waals surface area contributed by atoms with Gasteiger partial charge in [0, 0.05) is 0 Å². The molecule has 1 saturated heterocycles. The predicted molar refractivity (Wildman–Crippen MR) is 103 cm³/mol. The summed E-state index contributed by atoms with van der Waals surface area (Å²) in [4.78, 5) is 12.4. The summed E-state index contributed by atoms with van der Waals surface area (Å²) in [5.41, 5.74) is 0. The normalized spacial score (nSPS) is 21.5. The first-order valence-corrected chi connectivity index (χ1v) is 13.0. The van der Waals surface area contributed by atoms with Gasteiger partial charge in [-0.3, -0.25) is 13.9 Å². The van der Waals surface area contributed by atoms with Gasteiger partial charge in [0.2, 0.25) is 0 Å². The second kappa shape index (κ2) is 11.7. The lowest BCUT2D eigenvalue weighted by Crippen LogP contribution is -2.35. The standard InChI is InChI=1S/C17H34O8P2/c1-6-14-11-12-21-17(18)15(14)13-16(26(19,22-7-2)23-8-3)27(20,24-9-4)25-10-5/h14-16H,6-13H2,1-5H3/t14-,15+/m1/s1. The molecule has 0 aromatic carbocycles. The molecule has 0 aromatic heterocycles. The Hall–Kier alpha value is -0.230. The zero-order valence-corrected chi connectivity index (χ0v) is 18.8. The van der Waals surface area contributed by atoms with Crippen molar-refractivity contribution in [2.75, 3.05) is 33.0 Å². The van der Waals surface area contributed by atoms with Gasteiger partial charge in [-0.05, 0) is 46.5 Å². The van der Waals surface area contributed by atoms with Crippen LogP contribution in [0.4, 0.5) is 0 Å². The first-order chi connectivity index (χ1) is 12.8. The third kappa shape index (κ3) is 6.38. The number of hydrogen-bond acceptors (Lipinski definition) is 8. The zero-order chi connectivity index (χ0) is 20.5. The molecular weight excluding hydrogens is 394 g/mol. The largest absolute Gasteiger partial charge is 0.465 e. The summed E-state index contributed by atoms with van der Waals surface area (Å²) < 4.78 is 54.2. The van der Waals surface area contributed by atoms with Crippen LogP contribution in [0, 0.1) is 11.8 Å². The molecule has 160 valence electrons. The Morgan fingerprint density at radius 2 is 1.37 bits per heavy atom. The first-order valence-electron chi connectivity index (χ1n) is 9.75. The highest BCUT2D eigenvalue weighted by Gasteiger charge is 2.53. The molecular formula is C17H34O8P2. The van der Waals surface area contributed by atoms with Gasteiger partial charge >= 0.3 is 21.2 Å². The lowest BCUT2D eigenvalue weighted by atomic mass is 9.84. The molecule has 1 aliphatic heterocycles. The summed E-state index contributed by atoms with van der Waals surface area (Å²) in [6, 6.07) is 0. The highest BCUT2D eigenvalue weighted by molar-refractivity contribution is 7.72. The van der Waals surface area contributed by atoms with Crippen LogP contribution in [0.2, 0.25) is 0 Å². The van der Waals surface area contributed by atoms with Crippen molar-refractivity contribution in [3.8, 4) is 0 Å². The van der Waals surface area contributed by atoms with Crippen molar-refractivity contribution in [1.29, 1.82) is 0 Å². The Labute approximate surface area is 162 Å². The van der Waals surface area contributed by atoms with Gasteiger partial charge in [-0.15, -0.1) is 0 Å². The summed E-state index contributed by atoms with van der Waals surface area (Å²) in [5.74, 6) is -0.892. The van der Waals surface area contributed by atoms with Gasteiger partial charge in [0.15, 0.2) is 5.40 Å².